The van der Waals surface area contributed by atoms with E-state index >= 15 is 0 Å². The van der Waals surface area contributed by atoms with Crippen LogP contribution in [0.1, 0.15) is 32.3 Å². The van der Waals surface area contributed by atoms with Gasteiger partial charge in [-0.3, -0.25) is 4.79 Å². The molecule has 196 valence electrons. The van der Waals surface area contributed by atoms with Crippen LogP contribution in [-0.4, -0.2) is 66.6 Å². The van der Waals surface area contributed by atoms with Crippen LogP contribution in [0.3, 0.4) is 0 Å². The molecule has 0 atom stereocenters. The SMILES string of the molecule is CC(C)CN1CCC(NS(=O)(=O)c2ccc(N(C)C(=O)C=Cc3ccc(S(C)(=O)=O)cc3)cc2)CC1. The molecule has 1 fully saturated rings. The summed E-state index contributed by atoms with van der Waals surface area (Å²) in [4.78, 5) is 16.8. The first-order valence-electron chi connectivity index (χ1n) is 12.0. The summed E-state index contributed by atoms with van der Waals surface area (Å²) in [5, 5.41) is 0. The molecule has 1 aliphatic heterocycles. The predicted molar refractivity (Wildman–Crippen MR) is 143 cm³/mol. The lowest BCUT2D eigenvalue weighted by molar-refractivity contribution is -0.113. The Morgan fingerprint density at radius 2 is 1.56 bits per heavy atom. The van der Waals surface area contributed by atoms with Crippen molar-refractivity contribution in [2.75, 3.05) is 37.8 Å². The summed E-state index contributed by atoms with van der Waals surface area (Å²) in [7, 11) is -5.33. The summed E-state index contributed by atoms with van der Waals surface area (Å²) < 4.78 is 51.7. The highest BCUT2D eigenvalue weighted by molar-refractivity contribution is 7.90. The standard InChI is InChI=1S/C26H35N3O5S2/c1-20(2)19-29-17-15-22(16-18-29)27-36(33,34)25-12-8-23(9-13-25)28(3)26(30)14-7-21-5-10-24(11-6-21)35(4,31)32/h5-14,20,22,27H,15-19H2,1-4H3. The molecule has 2 aromatic rings. The number of hydrogen-bond donors (Lipinski definition) is 1. The summed E-state index contributed by atoms with van der Waals surface area (Å²) in [5.41, 5.74) is 1.24. The summed E-state index contributed by atoms with van der Waals surface area (Å²) >= 11 is 0. The maximum atomic E-state index is 12.9. The van der Waals surface area contributed by atoms with Crippen LogP contribution in [0.5, 0.6) is 0 Å². The second kappa shape index (κ2) is 11.7. The highest BCUT2D eigenvalue weighted by atomic mass is 32.2. The number of sulfonamides is 1. The first-order chi connectivity index (χ1) is 16.8. The third kappa shape index (κ3) is 7.73. The lowest BCUT2D eigenvalue weighted by atomic mass is 10.0. The number of nitrogens with one attached hydrogen (secondary N) is 1. The Labute approximate surface area is 215 Å². The Kier molecular flexibility index (Phi) is 9.10. The van der Waals surface area contributed by atoms with Gasteiger partial charge in [0, 0.05) is 37.7 Å². The van der Waals surface area contributed by atoms with Crippen LogP contribution < -0.4 is 9.62 Å². The van der Waals surface area contributed by atoms with Crippen molar-refractivity contribution >= 4 is 37.5 Å². The van der Waals surface area contributed by atoms with Crippen molar-refractivity contribution in [2.45, 2.75) is 42.5 Å². The molecule has 1 aliphatic rings. The van der Waals surface area contributed by atoms with E-state index < -0.39 is 19.9 Å². The van der Waals surface area contributed by atoms with Gasteiger partial charge in [-0.05, 0) is 79.9 Å². The number of sulfone groups is 1. The topological polar surface area (TPSA) is 104 Å². The molecule has 1 amide bonds. The molecule has 1 heterocycles. The van der Waals surface area contributed by atoms with Gasteiger partial charge in [0.25, 0.3) is 5.91 Å². The smallest absolute Gasteiger partial charge is 0.250 e. The Morgan fingerprint density at radius 3 is 2.08 bits per heavy atom. The van der Waals surface area contributed by atoms with Gasteiger partial charge < -0.3 is 9.80 Å². The molecule has 36 heavy (non-hydrogen) atoms. The van der Waals surface area contributed by atoms with Crippen LogP contribution in [0.4, 0.5) is 5.69 Å². The average Bonchev–Trinajstić information content (AvgIpc) is 2.82. The van der Waals surface area contributed by atoms with Gasteiger partial charge in [-0.15, -0.1) is 0 Å². The summed E-state index contributed by atoms with van der Waals surface area (Å²) in [6, 6.07) is 12.4. The number of hydrogen-bond acceptors (Lipinski definition) is 6. The molecule has 0 unspecified atom stereocenters. The second-order valence-electron chi connectivity index (χ2n) is 9.66. The van der Waals surface area contributed by atoms with E-state index in [1.807, 2.05) is 0 Å². The van der Waals surface area contributed by atoms with E-state index in [1.165, 1.54) is 35.2 Å². The first-order valence-corrected chi connectivity index (χ1v) is 15.3. The monoisotopic (exact) mass is 533 g/mol. The van der Waals surface area contributed by atoms with Gasteiger partial charge >= 0.3 is 0 Å². The fraction of sp³-hybridized carbons (Fsp3) is 0.423. The lowest BCUT2D eigenvalue weighted by Crippen LogP contribution is -2.45. The van der Waals surface area contributed by atoms with E-state index in [2.05, 4.69) is 23.5 Å². The molecule has 2 aromatic carbocycles. The number of carbonyl (C=O) groups is 1. The molecule has 0 bridgehead atoms. The highest BCUT2D eigenvalue weighted by Crippen LogP contribution is 2.20. The molecule has 3 rings (SSSR count). The molecular formula is C26H35N3O5S2. The highest BCUT2D eigenvalue weighted by Gasteiger charge is 2.25. The lowest BCUT2D eigenvalue weighted by Gasteiger charge is -2.33. The average molecular weight is 534 g/mol. The zero-order valence-corrected chi connectivity index (χ0v) is 22.8. The fourth-order valence-corrected chi connectivity index (χ4v) is 6.05. The van der Waals surface area contributed by atoms with E-state index in [4.69, 9.17) is 0 Å². The number of amides is 1. The van der Waals surface area contributed by atoms with Crippen molar-refractivity contribution in [3.8, 4) is 0 Å². The van der Waals surface area contributed by atoms with Gasteiger partial charge in [-0.1, -0.05) is 26.0 Å². The molecule has 0 saturated carbocycles. The van der Waals surface area contributed by atoms with E-state index in [0.717, 1.165) is 38.7 Å². The molecule has 0 radical (unpaired) electrons. The maximum absolute atomic E-state index is 12.9. The number of nitrogens with zero attached hydrogens (tertiary/aromatic N) is 2. The third-order valence-corrected chi connectivity index (χ3v) is 8.79. The van der Waals surface area contributed by atoms with Crippen molar-refractivity contribution in [1.29, 1.82) is 0 Å². The van der Waals surface area contributed by atoms with E-state index in [1.54, 1.807) is 37.4 Å². The minimum atomic E-state index is -3.65. The largest absolute Gasteiger partial charge is 0.312 e. The van der Waals surface area contributed by atoms with Gasteiger partial charge in [0.15, 0.2) is 9.84 Å². The van der Waals surface area contributed by atoms with Crippen molar-refractivity contribution in [3.63, 3.8) is 0 Å². The van der Waals surface area contributed by atoms with Gasteiger partial charge in [0.2, 0.25) is 10.0 Å². The quantitative estimate of drug-likeness (QED) is 0.497. The van der Waals surface area contributed by atoms with Gasteiger partial charge in [0.05, 0.1) is 9.79 Å². The van der Waals surface area contributed by atoms with Crippen LogP contribution in [0.2, 0.25) is 0 Å². The Balaban J connectivity index is 1.59. The maximum Gasteiger partial charge on any atom is 0.250 e. The number of benzene rings is 2. The van der Waals surface area contributed by atoms with Crippen LogP contribution in [0, 0.1) is 5.92 Å². The number of likely N-dealkylation sites (tertiary alicyclic amines) is 1. The summed E-state index contributed by atoms with van der Waals surface area (Å²) in [5.74, 6) is 0.287. The molecule has 0 aliphatic carbocycles. The van der Waals surface area contributed by atoms with Gasteiger partial charge in [0.1, 0.15) is 0 Å². The van der Waals surface area contributed by atoms with E-state index in [9.17, 15) is 21.6 Å². The van der Waals surface area contributed by atoms with Crippen molar-refractivity contribution < 1.29 is 21.6 Å². The molecule has 0 aromatic heterocycles. The minimum Gasteiger partial charge on any atom is -0.312 e. The van der Waals surface area contributed by atoms with Crippen LogP contribution in [0.25, 0.3) is 6.08 Å². The van der Waals surface area contributed by atoms with Crippen LogP contribution in [-0.2, 0) is 24.7 Å². The molecular weight excluding hydrogens is 498 g/mol. The molecule has 1 saturated heterocycles. The van der Waals surface area contributed by atoms with Crippen LogP contribution >= 0.6 is 0 Å². The van der Waals surface area contributed by atoms with E-state index in [-0.39, 0.29) is 21.7 Å². The number of likely N-dealkylation sites (N-methyl/N-ethyl adjacent to an activating group) is 1. The number of rotatable bonds is 9. The predicted octanol–water partition coefficient (Wildman–Crippen LogP) is 3.17. The van der Waals surface area contributed by atoms with Crippen molar-refractivity contribution in [3.05, 3.63) is 60.2 Å². The Morgan fingerprint density at radius 1 is 1.00 bits per heavy atom. The molecule has 10 heteroatoms. The number of piperidine rings is 1. The van der Waals surface area contributed by atoms with Crippen molar-refractivity contribution in [2.24, 2.45) is 5.92 Å². The molecule has 1 N–H and O–H groups in total. The van der Waals surface area contributed by atoms with Gasteiger partial charge in [-0.2, -0.15) is 0 Å². The molecule has 0 spiro atoms. The summed E-state index contributed by atoms with van der Waals surface area (Å²) in [6.07, 6.45) is 5.68. The van der Waals surface area contributed by atoms with Gasteiger partial charge in [-0.25, -0.2) is 21.6 Å². The number of anilines is 1. The fourth-order valence-electron chi connectivity index (χ4n) is 4.12. The van der Waals surface area contributed by atoms with Crippen molar-refractivity contribution in [1.82, 2.24) is 9.62 Å². The molecule has 8 nitrogen and oxygen atoms in total. The van der Waals surface area contributed by atoms with E-state index in [0.29, 0.717) is 17.2 Å². The second-order valence-corrected chi connectivity index (χ2v) is 13.4. The van der Waals surface area contributed by atoms with Crippen LogP contribution in [0.15, 0.2) is 64.4 Å². The first kappa shape index (κ1) is 28.0. The normalized spacial score (nSPS) is 16.0. The Hall–Kier alpha value is -2.53. The zero-order valence-electron chi connectivity index (χ0n) is 21.2. The zero-order chi connectivity index (χ0) is 26.5. The summed E-state index contributed by atoms with van der Waals surface area (Å²) in [6.45, 7) is 7.15. The minimum absolute atomic E-state index is 0.0843. The number of carbonyl (C=O) groups excluding carboxylic acids is 1. The third-order valence-electron chi connectivity index (χ3n) is 6.12. The Bertz CT molecular complexity index is 1280.